The maximum atomic E-state index is 9.65. The molecule has 0 fully saturated rings. The van der Waals surface area contributed by atoms with Gasteiger partial charge in [-0.25, -0.2) is 0 Å². The largest absolute Gasteiger partial charge is 0.453 e. The van der Waals surface area contributed by atoms with Crippen molar-refractivity contribution in [2.75, 3.05) is 6.54 Å². The lowest BCUT2D eigenvalue weighted by Gasteiger charge is -1.87. The van der Waals surface area contributed by atoms with Gasteiger partial charge in [0.15, 0.2) is 0 Å². The quantitative estimate of drug-likeness (QED) is 0.481. The van der Waals surface area contributed by atoms with Gasteiger partial charge in [0.05, 0.1) is 6.54 Å². The molecule has 0 heterocycles. The van der Waals surface area contributed by atoms with Crippen LogP contribution in [0.1, 0.15) is 0 Å². The zero-order valence-electron chi connectivity index (χ0n) is 4.56. The molecule has 0 saturated heterocycles. The zero-order chi connectivity index (χ0) is 7.28. The molecule has 0 aliphatic carbocycles. The van der Waals surface area contributed by atoms with Crippen LogP contribution in [0.5, 0.6) is 0 Å². The van der Waals surface area contributed by atoms with Crippen LogP contribution in [0.3, 0.4) is 0 Å². The van der Waals surface area contributed by atoms with Gasteiger partial charge in [0.1, 0.15) is 0 Å². The second-order valence-electron chi connectivity index (χ2n) is 1.34. The van der Waals surface area contributed by atoms with E-state index in [0.29, 0.717) is 0 Å². The summed E-state index contributed by atoms with van der Waals surface area (Å²) in [7, 11) is -3.90. The number of hydrogen-bond acceptors (Lipinski definition) is 5. The van der Waals surface area contributed by atoms with Crippen molar-refractivity contribution >= 4 is 17.6 Å². The topological polar surface area (TPSA) is 87.0 Å². The van der Waals surface area contributed by atoms with Gasteiger partial charge in [-0.2, -0.15) is 12.8 Å². The lowest BCUT2D eigenvalue weighted by Crippen LogP contribution is -2.10. The summed E-state index contributed by atoms with van der Waals surface area (Å²) in [5, 5.41) is 16.3. The first-order chi connectivity index (χ1) is 4.13. The third-order valence-electron chi connectivity index (χ3n) is 0.584. The summed E-state index contributed by atoms with van der Waals surface area (Å²) in [6, 6.07) is 0. The highest BCUT2D eigenvalue weighted by molar-refractivity contribution is 7.61. The first kappa shape index (κ1) is 8.60. The average Bonchev–Trinajstić information content (AvgIpc) is 1.63. The predicted molar refractivity (Wildman–Crippen MR) is 31.2 cm³/mol. The van der Waals surface area contributed by atoms with Crippen LogP contribution in [0.2, 0.25) is 6.32 Å². The van der Waals surface area contributed by atoms with Crippen molar-refractivity contribution in [1.82, 2.24) is 0 Å². The Hall–Kier alpha value is -0.395. The molecule has 0 bridgehead atoms. The summed E-state index contributed by atoms with van der Waals surface area (Å²) >= 11 is 0. The Balaban J connectivity index is 3.43. The molecule has 0 unspecified atom stereocenters. The molecule has 0 saturated carbocycles. The minimum absolute atomic E-state index is 0.0476. The molecule has 7 heteroatoms. The van der Waals surface area contributed by atoms with Crippen LogP contribution in [0.4, 0.5) is 0 Å². The van der Waals surface area contributed by atoms with Gasteiger partial charge in [-0.3, -0.25) is 0 Å². The summed E-state index contributed by atoms with van der Waals surface area (Å²) in [5.74, 6) is 0. The molecule has 0 rings (SSSR count). The lowest BCUT2D eigenvalue weighted by atomic mass is 9.87. The molecule has 0 atom stereocenters. The van der Waals surface area contributed by atoms with Gasteiger partial charge in [-0.1, -0.05) is 0 Å². The summed E-state index contributed by atoms with van der Waals surface area (Å²) in [6.07, 6.45) is -0.0476. The van der Waals surface area contributed by atoms with Crippen molar-refractivity contribution in [3.63, 3.8) is 0 Å². The van der Waals surface area contributed by atoms with Crippen molar-refractivity contribution in [1.29, 1.82) is 0 Å². The van der Waals surface area contributed by atoms with Gasteiger partial charge >= 0.3 is 17.6 Å². The Morgan fingerprint density at radius 1 is 1.44 bits per heavy atom. The van der Waals surface area contributed by atoms with Crippen molar-refractivity contribution in [2.24, 2.45) is 4.36 Å². The second-order valence-corrected chi connectivity index (χ2v) is 2.03. The van der Waals surface area contributed by atoms with Crippen molar-refractivity contribution in [3.05, 3.63) is 0 Å². The fourth-order valence-electron chi connectivity index (χ4n) is 0.243. The Labute approximate surface area is 54.2 Å². The number of nitrogens with zero attached hydrogens (tertiary/aromatic N) is 1. The first-order valence-electron chi connectivity index (χ1n) is 2.26. The molecular formula is C2H6BNO4S. The highest BCUT2D eigenvalue weighted by atomic mass is 32.2. The van der Waals surface area contributed by atoms with E-state index in [0.717, 1.165) is 0 Å². The normalized spacial score (nSPS) is 8.67. The summed E-state index contributed by atoms with van der Waals surface area (Å²) in [6.45, 7) is -0.0756. The fraction of sp³-hybridized carbons (Fsp3) is 1.00. The van der Waals surface area contributed by atoms with Gasteiger partial charge in [0, 0.05) is 6.32 Å². The molecule has 0 aromatic carbocycles. The van der Waals surface area contributed by atoms with Crippen LogP contribution < -0.4 is 0 Å². The van der Waals surface area contributed by atoms with Gasteiger partial charge in [0.2, 0.25) is 0 Å². The van der Waals surface area contributed by atoms with E-state index in [1.165, 1.54) is 0 Å². The number of rotatable bonds is 3. The highest BCUT2D eigenvalue weighted by Crippen LogP contribution is 1.82. The molecular weight excluding hydrogens is 145 g/mol. The molecule has 52 valence electrons. The summed E-state index contributed by atoms with van der Waals surface area (Å²) in [5.41, 5.74) is 0. The Bertz CT molecular complexity index is 177. The van der Waals surface area contributed by atoms with Crippen LogP contribution in [0, 0.1) is 0 Å². The maximum Gasteiger partial charge on any atom is 0.453 e. The Morgan fingerprint density at radius 2 is 2.00 bits per heavy atom. The molecule has 0 spiro atoms. The predicted octanol–water partition coefficient (Wildman–Crippen LogP) is -1.48. The molecule has 0 aliphatic rings. The molecule has 2 N–H and O–H groups in total. The maximum absolute atomic E-state index is 9.65. The molecule has 0 aromatic rings. The van der Waals surface area contributed by atoms with E-state index in [2.05, 4.69) is 4.36 Å². The van der Waals surface area contributed by atoms with E-state index < -0.39 is 17.6 Å². The van der Waals surface area contributed by atoms with Gasteiger partial charge in [0.25, 0.3) is 0 Å². The lowest BCUT2D eigenvalue weighted by molar-refractivity contribution is 0.406. The van der Waals surface area contributed by atoms with E-state index in [1.54, 1.807) is 0 Å². The third-order valence-corrected chi connectivity index (χ3v) is 0.977. The standard InChI is InChI=1S/C2H6BNO4S/c5-3(6)1-2-4-9(7)8/h5-6H,1-2H2. The minimum Gasteiger partial charge on any atom is -0.427 e. The van der Waals surface area contributed by atoms with Crippen LogP contribution in [-0.4, -0.2) is 32.1 Å². The zero-order valence-corrected chi connectivity index (χ0v) is 5.37. The van der Waals surface area contributed by atoms with E-state index in [-0.39, 0.29) is 12.9 Å². The van der Waals surface area contributed by atoms with Crippen molar-refractivity contribution in [3.8, 4) is 0 Å². The SMILES string of the molecule is O=S(=O)=NCCB(O)O. The summed E-state index contributed by atoms with van der Waals surface area (Å²) in [4.78, 5) is 0. The Kier molecular flexibility index (Phi) is 4.28. The highest BCUT2D eigenvalue weighted by Gasteiger charge is 2.03. The molecule has 5 nitrogen and oxygen atoms in total. The van der Waals surface area contributed by atoms with E-state index >= 15 is 0 Å². The molecule has 9 heavy (non-hydrogen) atoms. The van der Waals surface area contributed by atoms with Crippen molar-refractivity contribution < 1.29 is 18.5 Å². The van der Waals surface area contributed by atoms with Gasteiger partial charge in [-0.15, -0.1) is 0 Å². The second kappa shape index (κ2) is 4.48. The van der Waals surface area contributed by atoms with Crippen LogP contribution >= 0.6 is 0 Å². The van der Waals surface area contributed by atoms with Gasteiger partial charge in [-0.05, 0) is 0 Å². The molecule has 0 aliphatic heterocycles. The van der Waals surface area contributed by atoms with Gasteiger partial charge < -0.3 is 10.0 Å². The van der Waals surface area contributed by atoms with Crippen LogP contribution in [-0.2, 0) is 10.5 Å². The summed E-state index contributed by atoms with van der Waals surface area (Å²) < 4.78 is 22.3. The monoisotopic (exact) mass is 151 g/mol. The smallest absolute Gasteiger partial charge is 0.427 e. The third kappa shape index (κ3) is 7.60. The Morgan fingerprint density at radius 3 is 2.33 bits per heavy atom. The van der Waals surface area contributed by atoms with E-state index in [1.807, 2.05) is 0 Å². The number of hydrogen-bond donors (Lipinski definition) is 2. The fourth-order valence-corrected chi connectivity index (χ4v) is 0.497. The van der Waals surface area contributed by atoms with E-state index in [4.69, 9.17) is 10.0 Å². The molecule has 0 aromatic heterocycles. The minimum atomic E-state index is -2.43. The van der Waals surface area contributed by atoms with Crippen LogP contribution in [0.15, 0.2) is 4.36 Å². The average molecular weight is 151 g/mol. The first-order valence-corrected chi connectivity index (χ1v) is 3.29. The van der Waals surface area contributed by atoms with Crippen LogP contribution in [0.25, 0.3) is 0 Å². The molecule has 0 radical (unpaired) electrons. The molecule has 0 amide bonds. The van der Waals surface area contributed by atoms with E-state index in [9.17, 15) is 8.42 Å². The van der Waals surface area contributed by atoms with Crippen molar-refractivity contribution in [2.45, 2.75) is 6.32 Å².